The zero-order chi connectivity index (χ0) is 21.3. The Labute approximate surface area is 176 Å². The first kappa shape index (κ1) is 20.5. The highest BCUT2D eigenvalue weighted by Crippen LogP contribution is 2.33. The Bertz CT molecular complexity index is 1140. The van der Waals surface area contributed by atoms with Crippen LogP contribution in [0, 0.1) is 6.92 Å². The summed E-state index contributed by atoms with van der Waals surface area (Å²) >= 11 is 1.35. The molecule has 0 bridgehead atoms. The summed E-state index contributed by atoms with van der Waals surface area (Å²) in [5.74, 6) is 0.522. The molecule has 1 fully saturated rings. The van der Waals surface area contributed by atoms with E-state index in [9.17, 15) is 9.59 Å². The van der Waals surface area contributed by atoms with Crippen LogP contribution in [0.3, 0.4) is 0 Å². The van der Waals surface area contributed by atoms with Crippen LogP contribution in [0.5, 0.6) is 0 Å². The second-order valence-electron chi connectivity index (χ2n) is 7.11. The summed E-state index contributed by atoms with van der Waals surface area (Å²) in [6, 6.07) is 4.76. The fourth-order valence-corrected chi connectivity index (χ4v) is 4.32. The predicted molar refractivity (Wildman–Crippen MR) is 110 cm³/mol. The standard InChI is InChI=1S/C20H22N4O5S/c1-11(17-21-12(2)23-29-17)30-20-22-16-9-13(19(26)27-3)6-7-15(16)18(25)24(20)10-14-5-4-8-28-14/h6-7,9,11,14H,4-5,8,10H2,1-3H3. The number of carbonyl (C=O) groups excluding carboxylic acids is 1. The van der Waals surface area contributed by atoms with E-state index in [1.54, 1.807) is 29.7 Å². The number of esters is 1. The van der Waals surface area contributed by atoms with E-state index in [0.29, 0.717) is 46.5 Å². The Balaban J connectivity index is 1.78. The number of hydrogen-bond acceptors (Lipinski definition) is 9. The van der Waals surface area contributed by atoms with E-state index >= 15 is 0 Å². The van der Waals surface area contributed by atoms with Gasteiger partial charge in [-0.15, -0.1) is 0 Å². The summed E-state index contributed by atoms with van der Waals surface area (Å²) in [6.07, 6.45) is 1.84. The molecule has 30 heavy (non-hydrogen) atoms. The van der Waals surface area contributed by atoms with Gasteiger partial charge in [-0.25, -0.2) is 9.78 Å². The molecule has 158 valence electrons. The smallest absolute Gasteiger partial charge is 0.337 e. The number of thioether (sulfide) groups is 1. The maximum atomic E-state index is 13.3. The maximum absolute atomic E-state index is 13.3. The molecule has 4 rings (SSSR count). The molecular weight excluding hydrogens is 408 g/mol. The van der Waals surface area contributed by atoms with Crippen molar-refractivity contribution >= 4 is 28.6 Å². The molecule has 3 aromatic rings. The summed E-state index contributed by atoms with van der Waals surface area (Å²) in [6.45, 7) is 4.77. The van der Waals surface area contributed by atoms with Crippen LogP contribution in [0.15, 0.2) is 32.7 Å². The molecule has 0 N–H and O–H groups in total. The van der Waals surface area contributed by atoms with Gasteiger partial charge in [0.25, 0.3) is 5.56 Å². The molecule has 1 aromatic carbocycles. The van der Waals surface area contributed by atoms with Crippen LogP contribution in [0.1, 0.15) is 47.1 Å². The minimum atomic E-state index is -0.480. The van der Waals surface area contributed by atoms with E-state index in [1.165, 1.54) is 18.9 Å². The molecule has 0 radical (unpaired) electrons. The fraction of sp³-hybridized carbons (Fsp3) is 0.450. The number of hydrogen-bond donors (Lipinski definition) is 0. The molecule has 1 saturated heterocycles. The van der Waals surface area contributed by atoms with Crippen LogP contribution in [0.4, 0.5) is 0 Å². The largest absolute Gasteiger partial charge is 0.465 e. The lowest BCUT2D eigenvalue weighted by atomic mass is 10.1. The minimum absolute atomic E-state index is 0.0309. The van der Waals surface area contributed by atoms with Crippen molar-refractivity contribution in [2.75, 3.05) is 13.7 Å². The predicted octanol–water partition coefficient (Wildman–Crippen LogP) is 2.91. The van der Waals surface area contributed by atoms with E-state index in [4.69, 9.17) is 19.0 Å². The van der Waals surface area contributed by atoms with Gasteiger partial charge in [-0.2, -0.15) is 4.98 Å². The second kappa shape index (κ2) is 8.57. The number of fused-ring (bicyclic) bond motifs is 1. The van der Waals surface area contributed by atoms with Gasteiger partial charge in [0.1, 0.15) is 0 Å². The van der Waals surface area contributed by atoms with Crippen molar-refractivity contribution in [1.29, 1.82) is 0 Å². The zero-order valence-electron chi connectivity index (χ0n) is 17.0. The molecular formula is C20H22N4O5S. The highest BCUT2D eigenvalue weighted by atomic mass is 32.2. The van der Waals surface area contributed by atoms with Crippen molar-refractivity contribution in [2.24, 2.45) is 0 Å². The third kappa shape index (κ3) is 4.10. The number of benzene rings is 1. The van der Waals surface area contributed by atoms with E-state index in [2.05, 4.69) is 10.1 Å². The third-order valence-corrected chi connectivity index (χ3v) is 6.00. The summed E-state index contributed by atoms with van der Waals surface area (Å²) in [5, 5.41) is 4.56. The second-order valence-corrected chi connectivity index (χ2v) is 8.42. The van der Waals surface area contributed by atoms with Gasteiger partial charge in [0.2, 0.25) is 5.89 Å². The first-order valence-electron chi connectivity index (χ1n) is 9.67. The van der Waals surface area contributed by atoms with Crippen LogP contribution < -0.4 is 5.56 Å². The Morgan fingerprint density at radius 1 is 1.40 bits per heavy atom. The first-order chi connectivity index (χ1) is 14.5. The van der Waals surface area contributed by atoms with Gasteiger partial charge in [-0.1, -0.05) is 16.9 Å². The first-order valence-corrected chi connectivity index (χ1v) is 10.6. The number of carbonyl (C=O) groups is 1. The lowest BCUT2D eigenvalue weighted by Crippen LogP contribution is -2.29. The van der Waals surface area contributed by atoms with E-state index in [0.717, 1.165) is 12.8 Å². The average molecular weight is 430 g/mol. The van der Waals surface area contributed by atoms with Gasteiger partial charge in [0, 0.05) is 6.61 Å². The summed E-state index contributed by atoms with van der Waals surface area (Å²) in [5.41, 5.74) is 0.594. The normalized spacial score (nSPS) is 17.4. The van der Waals surface area contributed by atoms with Gasteiger partial charge >= 0.3 is 5.97 Å². The SMILES string of the molecule is COC(=O)c1ccc2c(=O)n(CC3CCCO3)c(SC(C)c3nc(C)no3)nc2c1. The Kier molecular flexibility index (Phi) is 5.87. The van der Waals surface area contributed by atoms with Gasteiger partial charge in [-0.05, 0) is 44.9 Å². The van der Waals surface area contributed by atoms with Gasteiger partial charge in [0.05, 0.1) is 41.5 Å². The lowest BCUT2D eigenvalue weighted by molar-refractivity contribution is 0.0601. The highest BCUT2D eigenvalue weighted by molar-refractivity contribution is 7.99. The molecule has 0 amide bonds. The highest BCUT2D eigenvalue weighted by Gasteiger charge is 2.23. The van der Waals surface area contributed by atoms with Crippen molar-refractivity contribution in [3.8, 4) is 0 Å². The van der Waals surface area contributed by atoms with Crippen molar-refractivity contribution in [1.82, 2.24) is 19.7 Å². The fourth-order valence-electron chi connectivity index (χ4n) is 3.38. The maximum Gasteiger partial charge on any atom is 0.337 e. The van der Waals surface area contributed by atoms with E-state index in [-0.39, 0.29) is 16.9 Å². The van der Waals surface area contributed by atoms with Gasteiger partial charge < -0.3 is 14.0 Å². The summed E-state index contributed by atoms with van der Waals surface area (Å²) in [4.78, 5) is 34.2. The van der Waals surface area contributed by atoms with Crippen LogP contribution in [-0.2, 0) is 16.0 Å². The quantitative estimate of drug-likeness (QED) is 0.331. The Hall–Kier alpha value is -2.72. The number of aryl methyl sites for hydroxylation is 1. The summed E-state index contributed by atoms with van der Waals surface area (Å²) in [7, 11) is 1.31. The van der Waals surface area contributed by atoms with Crippen molar-refractivity contribution in [3.05, 3.63) is 45.8 Å². The van der Waals surface area contributed by atoms with Crippen LogP contribution in [0.25, 0.3) is 10.9 Å². The molecule has 10 heteroatoms. The van der Waals surface area contributed by atoms with Gasteiger partial charge in [-0.3, -0.25) is 9.36 Å². The molecule has 2 unspecified atom stereocenters. The topological polar surface area (TPSA) is 109 Å². The number of rotatable bonds is 6. The molecule has 1 aliphatic rings. The van der Waals surface area contributed by atoms with Crippen molar-refractivity contribution < 1.29 is 18.8 Å². The third-order valence-electron chi connectivity index (χ3n) is 4.92. The minimum Gasteiger partial charge on any atom is -0.465 e. The molecule has 2 aromatic heterocycles. The van der Waals surface area contributed by atoms with Crippen molar-refractivity contribution in [3.63, 3.8) is 0 Å². The summed E-state index contributed by atoms with van der Waals surface area (Å²) < 4.78 is 17.4. The molecule has 2 atom stereocenters. The number of ether oxygens (including phenoxy) is 2. The van der Waals surface area contributed by atoms with E-state index in [1.807, 2.05) is 6.92 Å². The van der Waals surface area contributed by atoms with Gasteiger partial charge in [0.15, 0.2) is 11.0 Å². The molecule has 9 nitrogen and oxygen atoms in total. The monoisotopic (exact) mass is 430 g/mol. The Morgan fingerprint density at radius 2 is 2.23 bits per heavy atom. The number of methoxy groups -OCH3 is 1. The Morgan fingerprint density at radius 3 is 2.90 bits per heavy atom. The molecule has 0 spiro atoms. The molecule has 3 heterocycles. The molecule has 0 aliphatic carbocycles. The molecule has 0 saturated carbocycles. The number of aromatic nitrogens is 4. The average Bonchev–Trinajstić information content (AvgIpc) is 3.41. The van der Waals surface area contributed by atoms with Crippen LogP contribution in [-0.4, -0.2) is 45.5 Å². The number of nitrogens with zero attached hydrogens (tertiary/aromatic N) is 4. The lowest BCUT2D eigenvalue weighted by Gasteiger charge is -2.17. The van der Waals surface area contributed by atoms with Crippen molar-refractivity contribution in [2.45, 2.75) is 49.7 Å². The van der Waals surface area contributed by atoms with Crippen LogP contribution in [0.2, 0.25) is 0 Å². The zero-order valence-corrected chi connectivity index (χ0v) is 17.8. The van der Waals surface area contributed by atoms with Crippen LogP contribution >= 0.6 is 11.8 Å². The van der Waals surface area contributed by atoms with E-state index < -0.39 is 5.97 Å². The molecule has 1 aliphatic heterocycles.